The van der Waals surface area contributed by atoms with Gasteiger partial charge in [0.2, 0.25) is 0 Å². The molecule has 3 nitrogen and oxygen atoms in total. The highest BCUT2D eigenvalue weighted by Crippen LogP contribution is 2.18. The SMILES string of the molecule is CCONC(C)c1cccc(OC)c1. The highest BCUT2D eigenvalue weighted by molar-refractivity contribution is 5.29. The van der Waals surface area contributed by atoms with Gasteiger partial charge in [-0.25, -0.2) is 0 Å². The van der Waals surface area contributed by atoms with Crippen molar-refractivity contribution in [2.24, 2.45) is 0 Å². The summed E-state index contributed by atoms with van der Waals surface area (Å²) in [5.74, 6) is 0.868. The van der Waals surface area contributed by atoms with E-state index in [-0.39, 0.29) is 6.04 Å². The maximum absolute atomic E-state index is 5.14. The van der Waals surface area contributed by atoms with Crippen molar-refractivity contribution in [1.29, 1.82) is 0 Å². The van der Waals surface area contributed by atoms with Crippen molar-refractivity contribution in [2.45, 2.75) is 19.9 Å². The van der Waals surface area contributed by atoms with E-state index in [2.05, 4.69) is 5.48 Å². The van der Waals surface area contributed by atoms with Crippen molar-refractivity contribution in [1.82, 2.24) is 5.48 Å². The summed E-state index contributed by atoms with van der Waals surface area (Å²) in [4.78, 5) is 5.13. The van der Waals surface area contributed by atoms with Crippen molar-refractivity contribution in [2.75, 3.05) is 13.7 Å². The molecular weight excluding hydrogens is 178 g/mol. The molecule has 3 heteroatoms. The quantitative estimate of drug-likeness (QED) is 0.731. The molecule has 78 valence electrons. The predicted octanol–water partition coefficient (Wildman–Crippen LogP) is 2.30. The minimum Gasteiger partial charge on any atom is -0.497 e. The van der Waals surface area contributed by atoms with Gasteiger partial charge in [-0.3, -0.25) is 0 Å². The standard InChI is InChI=1S/C11H17NO2/c1-4-14-12-9(2)10-6-5-7-11(8-10)13-3/h5-9,12H,4H2,1-3H3. The molecular formula is C11H17NO2. The molecule has 0 bridgehead atoms. The van der Waals surface area contributed by atoms with Gasteiger partial charge in [-0.2, -0.15) is 5.48 Å². The Labute approximate surface area is 85.0 Å². The number of hydrogen-bond acceptors (Lipinski definition) is 3. The Morgan fingerprint density at radius 1 is 1.43 bits per heavy atom. The molecule has 1 aromatic rings. The minimum absolute atomic E-state index is 0.171. The second-order valence-electron chi connectivity index (χ2n) is 3.05. The van der Waals surface area contributed by atoms with E-state index < -0.39 is 0 Å². The van der Waals surface area contributed by atoms with E-state index in [0.717, 1.165) is 11.3 Å². The first kappa shape index (κ1) is 11.0. The van der Waals surface area contributed by atoms with Crippen LogP contribution in [-0.2, 0) is 4.84 Å². The zero-order chi connectivity index (χ0) is 10.4. The van der Waals surface area contributed by atoms with Crippen molar-refractivity contribution < 1.29 is 9.57 Å². The van der Waals surface area contributed by atoms with Gasteiger partial charge in [0.15, 0.2) is 0 Å². The van der Waals surface area contributed by atoms with Crippen molar-refractivity contribution >= 4 is 0 Å². The molecule has 0 aliphatic heterocycles. The molecule has 1 unspecified atom stereocenters. The summed E-state index contributed by atoms with van der Waals surface area (Å²) in [6, 6.07) is 8.11. The van der Waals surface area contributed by atoms with Gasteiger partial charge >= 0.3 is 0 Å². The third kappa shape index (κ3) is 3.01. The Bertz CT molecular complexity index is 276. The van der Waals surface area contributed by atoms with Gasteiger partial charge in [-0.05, 0) is 31.5 Å². The van der Waals surface area contributed by atoms with E-state index in [9.17, 15) is 0 Å². The average molecular weight is 195 g/mol. The van der Waals surface area contributed by atoms with E-state index in [1.54, 1.807) is 7.11 Å². The number of hydrogen-bond donors (Lipinski definition) is 1. The number of hydroxylamine groups is 1. The van der Waals surface area contributed by atoms with E-state index >= 15 is 0 Å². The van der Waals surface area contributed by atoms with Crippen LogP contribution in [0.1, 0.15) is 25.5 Å². The Balaban J connectivity index is 2.64. The van der Waals surface area contributed by atoms with E-state index in [1.807, 2.05) is 38.1 Å². The summed E-state index contributed by atoms with van der Waals surface area (Å²) in [5.41, 5.74) is 4.10. The fourth-order valence-corrected chi connectivity index (χ4v) is 1.19. The predicted molar refractivity (Wildman–Crippen MR) is 56.2 cm³/mol. The fraction of sp³-hybridized carbons (Fsp3) is 0.455. The fourth-order valence-electron chi connectivity index (χ4n) is 1.19. The van der Waals surface area contributed by atoms with Crippen LogP contribution in [0.5, 0.6) is 5.75 Å². The monoisotopic (exact) mass is 195 g/mol. The Morgan fingerprint density at radius 2 is 2.21 bits per heavy atom. The zero-order valence-corrected chi connectivity index (χ0v) is 8.91. The van der Waals surface area contributed by atoms with Crippen LogP contribution in [0.15, 0.2) is 24.3 Å². The van der Waals surface area contributed by atoms with E-state index in [0.29, 0.717) is 6.61 Å². The number of rotatable bonds is 5. The molecule has 14 heavy (non-hydrogen) atoms. The molecule has 0 heterocycles. The van der Waals surface area contributed by atoms with Crippen LogP contribution in [0.25, 0.3) is 0 Å². The Hall–Kier alpha value is -1.06. The molecule has 0 aliphatic carbocycles. The highest BCUT2D eigenvalue weighted by atomic mass is 16.6. The van der Waals surface area contributed by atoms with Crippen LogP contribution in [0.3, 0.4) is 0 Å². The molecule has 0 aliphatic rings. The van der Waals surface area contributed by atoms with E-state index in [4.69, 9.17) is 9.57 Å². The molecule has 1 N–H and O–H groups in total. The Kier molecular flexibility index (Phi) is 4.43. The van der Waals surface area contributed by atoms with Crippen LogP contribution >= 0.6 is 0 Å². The molecule has 0 amide bonds. The van der Waals surface area contributed by atoms with Gasteiger partial charge in [-0.1, -0.05) is 12.1 Å². The molecule has 0 fully saturated rings. The summed E-state index contributed by atoms with van der Waals surface area (Å²) in [7, 11) is 1.67. The largest absolute Gasteiger partial charge is 0.497 e. The topological polar surface area (TPSA) is 30.5 Å². The lowest BCUT2D eigenvalue weighted by atomic mass is 10.1. The highest BCUT2D eigenvalue weighted by Gasteiger charge is 2.04. The van der Waals surface area contributed by atoms with Crippen LogP contribution < -0.4 is 10.2 Å². The summed E-state index contributed by atoms with van der Waals surface area (Å²) >= 11 is 0. The van der Waals surface area contributed by atoms with Crippen LogP contribution in [0, 0.1) is 0 Å². The van der Waals surface area contributed by atoms with Crippen molar-refractivity contribution in [3.63, 3.8) is 0 Å². The lowest BCUT2D eigenvalue weighted by molar-refractivity contribution is 0.0284. The Morgan fingerprint density at radius 3 is 2.86 bits per heavy atom. The maximum Gasteiger partial charge on any atom is 0.119 e. The summed E-state index contributed by atoms with van der Waals surface area (Å²) in [6.45, 7) is 4.66. The van der Waals surface area contributed by atoms with Crippen LogP contribution in [0.2, 0.25) is 0 Å². The smallest absolute Gasteiger partial charge is 0.119 e. The van der Waals surface area contributed by atoms with Gasteiger partial charge in [0.05, 0.1) is 19.8 Å². The normalized spacial score (nSPS) is 12.5. The number of methoxy groups -OCH3 is 1. The van der Waals surface area contributed by atoms with Gasteiger partial charge < -0.3 is 9.57 Å². The molecule has 1 rings (SSSR count). The molecule has 0 spiro atoms. The van der Waals surface area contributed by atoms with Crippen molar-refractivity contribution in [3.05, 3.63) is 29.8 Å². The van der Waals surface area contributed by atoms with Crippen LogP contribution in [-0.4, -0.2) is 13.7 Å². The summed E-state index contributed by atoms with van der Waals surface area (Å²) in [5, 5.41) is 0. The zero-order valence-electron chi connectivity index (χ0n) is 8.91. The third-order valence-corrected chi connectivity index (χ3v) is 2.00. The molecule has 1 atom stereocenters. The van der Waals surface area contributed by atoms with Gasteiger partial charge in [0.25, 0.3) is 0 Å². The molecule has 1 aromatic carbocycles. The van der Waals surface area contributed by atoms with Crippen LogP contribution in [0.4, 0.5) is 0 Å². The maximum atomic E-state index is 5.14. The second kappa shape index (κ2) is 5.62. The molecule has 0 aromatic heterocycles. The molecule has 0 radical (unpaired) electrons. The average Bonchev–Trinajstić information content (AvgIpc) is 2.26. The van der Waals surface area contributed by atoms with E-state index in [1.165, 1.54) is 0 Å². The number of ether oxygens (including phenoxy) is 1. The minimum atomic E-state index is 0.171. The van der Waals surface area contributed by atoms with Crippen molar-refractivity contribution in [3.8, 4) is 5.75 Å². The van der Waals surface area contributed by atoms with Gasteiger partial charge in [0, 0.05) is 0 Å². The summed E-state index contributed by atoms with van der Waals surface area (Å²) < 4.78 is 5.14. The molecule has 0 saturated heterocycles. The first-order valence-corrected chi connectivity index (χ1v) is 4.79. The van der Waals surface area contributed by atoms with Gasteiger partial charge in [0.1, 0.15) is 5.75 Å². The first-order valence-electron chi connectivity index (χ1n) is 4.79. The number of benzene rings is 1. The van der Waals surface area contributed by atoms with Gasteiger partial charge in [-0.15, -0.1) is 0 Å². The third-order valence-electron chi connectivity index (χ3n) is 2.00. The lowest BCUT2D eigenvalue weighted by Gasteiger charge is -2.13. The lowest BCUT2D eigenvalue weighted by Crippen LogP contribution is -2.18. The second-order valence-corrected chi connectivity index (χ2v) is 3.05. The number of nitrogens with one attached hydrogen (secondary N) is 1. The molecule has 0 saturated carbocycles. The summed E-state index contributed by atoms with van der Waals surface area (Å²) in [6.07, 6.45) is 0. The first-order chi connectivity index (χ1) is 6.77.